The van der Waals surface area contributed by atoms with Gasteiger partial charge in [-0.3, -0.25) is 9.69 Å². The van der Waals surface area contributed by atoms with Crippen molar-refractivity contribution in [2.75, 3.05) is 5.88 Å². The van der Waals surface area contributed by atoms with E-state index in [0.717, 1.165) is 9.91 Å². The Morgan fingerprint density at radius 1 is 1.33 bits per heavy atom. The van der Waals surface area contributed by atoms with Gasteiger partial charge >= 0.3 is 6.09 Å². The fourth-order valence-corrected chi connectivity index (χ4v) is 2.29. The van der Waals surface area contributed by atoms with E-state index >= 15 is 0 Å². The number of nitrogens with zero attached hydrogens (tertiary/aromatic N) is 2. The van der Waals surface area contributed by atoms with Gasteiger partial charge in [-0.05, 0) is 12.1 Å². The molecule has 1 aliphatic rings. The van der Waals surface area contributed by atoms with Crippen LogP contribution in [0.25, 0.3) is 0 Å². The van der Waals surface area contributed by atoms with Crippen LogP contribution in [-0.2, 0) is 0 Å². The number of carboxylic acid groups (broad SMARTS) is 1. The summed E-state index contributed by atoms with van der Waals surface area (Å²) in [6.07, 6.45) is 0.270. The Kier molecular flexibility index (Phi) is 3.54. The monoisotopic (exact) mass is 265 g/mol. The minimum atomic E-state index is -1.07. The fraction of sp³-hybridized carbons (Fsp3) is 0.0909. The highest BCUT2D eigenvalue weighted by Crippen LogP contribution is 2.27. The molecule has 0 bridgehead atoms. The molecule has 1 heterocycles. The van der Waals surface area contributed by atoms with Crippen LogP contribution in [0.15, 0.2) is 41.6 Å². The van der Waals surface area contributed by atoms with Gasteiger partial charge in [0.05, 0.1) is 5.88 Å². The zero-order valence-corrected chi connectivity index (χ0v) is 10.1. The Morgan fingerprint density at radius 3 is 2.56 bits per heavy atom. The number of thioether (sulfide) groups is 1. The van der Waals surface area contributed by atoms with Crippen molar-refractivity contribution in [1.29, 1.82) is 0 Å². The van der Waals surface area contributed by atoms with Crippen LogP contribution in [-0.4, -0.2) is 32.9 Å². The molecular formula is C11H11N3O3S. The van der Waals surface area contributed by atoms with Crippen LogP contribution in [0.1, 0.15) is 10.4 Å². The Morgan fingerprint density at radius 2 is 2.00 bits per heavy atom. The number of benzene rings is 1. The summed E-state index contributed by atoms with van der Waals surface area (Å²) in [6.45, 7) is 0. The molecule has 3 N–H and O–H groups in total. The lowest BCUT2D eigenvalue weighted by atomic mass is 10.2. The largest absolute Gasteiger partial charge is 0.465 e. The fourth-order valence-electron chi connectivity index (χ4n) is 1.41. The first kappa shape index (κ1) is 12.5. The van der Waals surface area contributed by atoms with Crippen LogP contribution in [0.3, 0.4) is 0 Å². The maximum atomic E-state index is 12.0. The van der Waals surface area contributed by atoms with Gasteiger partial charge < -0.3 is 5.11 Å². The van der Waals surface area contributed by atoms with Crippen LogP contribution >= 0.6 is 11.8 Å². The van der Waals surface area contributed by atoms with Gasteiger partial charge in [-0.1, -0.05) is 30.0 Å². The molecule has 7 heteroatoms. The highest BCUT2D eigenvalue weighted by molar-refractivity contribution is 8.03. The first-order chi connectivity index (χ1) is 8.59. The molecule has 2 amide bonds. The lowest BCUT2D eigenvalue weighted by molar-refractivity contribution is 0.0815. The molecule has 2 rings (SSSR count). The molecule has 0 saturated heterocycles. The molecular weight excluding hydrogens is 254 g/mol. The summed E-state index contributed by atoms with van der Waals surface area (Å²) in [5, 5.41) is 10.2. The second-order valence-corrected chi connectivity index (χ2v) is 4.50. The number of rotatable bonds is 2. The summed E-state index contributed by atoms with van der Waals surface area (Å²) in [6, 6.07) is 8.57. The van der Waals surface area contributed by atoms with E-state index in [2.05, 4.69) is 0 Å². The van der Waals surface area contributed by atoms with Crippen molar-refractivity contribution in [3.63, 3.8) is 0 Å². The van der Waals surface area contributed by atoms with E-state index in [1.165, 1.54) is 18.0 Å². The van der Waals surface area contributed by atoms with Gasteiger partial charge in [0.15, 0.2) is 0 Å². The van der Waals surface area contributed by atoms with E-state index < -0.39 is 6.09 Å². The molecule has 18 heavy (non-hydrogen) atoms. The molecule has 1 aliphatic heterocycles. The smallest absolute Gasteiger partial charge is 0.412 e. The molecule has 94 valence electrons. The number of carbonyl (C=O) groups is 2. The Balaban J connectivity index is 2.13. The first-order valence-electron chi connectivity index (χ1n) is 5.08. The third kappa shape index (κ3) is 2.47. The lowest BCUT2D eigenvalue weighted by Gasteiger charge is -2.15. The average Bonchev–Trinajstić information content (AvgIpc) is 2.88. The van der Waals surface area contributed by atoms with Gasteiger partial charge in [-0.2, -0.15) is 0 Å². The van der Waals surface area contributed by atoms with E-state index in [4.69, 9.17) is 10.9 Å². The molecule has 1 aromatic rings. The minimum Gasteiger partial charge on any atom is -0.465 e. The predicted octanol–water partition coefficient (Wildman–Crippen LogP) is 1.49. The molecule has 6 nitrogen and oxygen atoms in total. The molecule has 0 saturated carbocycles. The topological polar surface area (TPSA) is 86.9 Å². The highest BCUT2D eigenvalue weighted by atomic mass is 32.2. The van der Waals surface area contributed by atoms with Crippen LogP contribution in [0, 0.1) is 0 Å². The molecule has 0 spiro atoms. The van der Waals surface area contributed by atoms with Crippen molar-refractivity contribution in [3.05, 3.63) is 47.1 Å². The Bertz CT molecular complexity index is 504. The lowest BCUT2D eigenvalue weighted by Crippen LogP contribution is -2.35. The van der Waals surface area contributed by atoms with Crippen molar-refractivity contribution in [2.45, 2.75) is 0 Å². The van der Waals surface area contributed by atoms with Crippen molar-refractivity contribution < 1.29 is 14.7 Å². The number of hydrazine groups is 1. The minimum absolute atomic E-state index is 0.237. The van der Waals surface area contributed by atoms with E-state index in [1.807, 2.05) is 0 Å². The van der Waals surface area contributed by atoms with E-state index in [0.29, 0.717) is 10.6 Å². The average molecular weight is 265 g/mol. The van der Waals surface area contributed by atoms with E-state index in [-0.39, 0.29) is 11.8 Å². The second kappa shape index (κ2) is 5.11. The molecule has 0 atom stereocenters. The molecule has 0 unspecified atom stereocenters. The second-order valence-electron chi connectivity index (χ2n) is 3.53. The van der Waals surface area contributed by atoms with Gasteiger partial charge in [0.1, 0.15) is 5.03 Å². The summed E-state index contributed by atoms with van der Waals surface area (Å²) in [5.74, 6) is 5.55. The zero-order chi connectivity index (χ0) is 13.1. The quantitative estimate of drug-likeness (QED) is 0.480. The zero-order valence-electron chi connectivity index (χ0n) is 9.31. The predicted molar refractivity (Wildman–Crippen MR) is 67.2 cm³/mol. The van der Waals surface area contributed by atoms with E-state index in [1.54, 1.807) is 30.3 Å². The third-order valence-electron chi connectivity index (χ3n) is 2.34. The molecule has 0 radical (unpaired) electrons. The van der Waals surface area contributed by atoms with Gasteiger partial charge in [-0.15, -0.1) is 0 Å². The van der Waals surface area contributed by atoms with Crippen LogP contribution in [0.4, 0.5) is 4.79 Å². The number of nitrogens with two attached hydrogens (primary N) is 1. The number of hydrogen-bond donors (Lipinski definition) is 2. The van der Waals surface area contributed by atoms with Crippen molar-refractivity contribution in [2.24, 2.45) is 5.84 Å². The molecule has 0 fully saturated rings. The number of hydrogen-bond acceptors (Lipinski definition) is 4. The van der Waals surface area contributed by atoms with Crippen LogP contribution in [0.2, 0.25) is 0 Å². The number of amides is 2. The Labute approximate surface area is 108 Å². The van der Waals surface area contributed by atoms with Crippen molar-refractivity contribution in [1.82, 2.24) is 9.91 Å². The molecule has 0 aromatic heterocycles. The maximum absolute atomic E-state index is 12.0. The first-order valence-corrected chi connectivity index (χ1v) is 6.06. The van der Waals surface area contributed by atoms with Crippen LogP contribution < -0.4 is 5.84 Å². The summed E-state index contributed by atoms with van der Waals surface area (Å²) in [7, 11) is 0. The molecule has 1 aromatic carbocycles. The molecule has 0 aliphatic carbocycles. The number of carbonyl (C=O) groups excluding carboxylic acids is 1. The van der Waals surface area contributed by atoms with Crippen molar-refractivity contribution in [3.8, 4) is 0 Å². The highest BCUT2D eigenvalue weighted by Gasteiger charge is 2.25. The summed E-state index contributed by atoms with van der Waals surface area (Å²) >= 11 is 1.20. The summed E-state index contributed by atoms with van der Waals surface area (Å²) in [5.41, 5.74) is 0.454. The normalized spacial score (nSPS) is 14.3. The van der Waals surface area contributed by atoms with Gasteiger partial charge in [0, 0.05) is 11.8 Å². The summed E-state index contributed by atoms with van der Waals surface area (Å²) in [4.78, 5) is 23.8. The SMILES string of the molecule is NN(C(=O)c1ccccc1)C1=CN(C(=O)O)CS1. The third-order valence-corrected chi connectivity index (χ3v) is 3.35. The maximum Gasteiger partial charge on any atom is 0.412 e. The standard InChI is InChI=1S/C11H11N3O3S/c12-14(9-6-13(7-18-9)11(16)17)10(15)8-4-2-1-3-5-8/h1-6H,7,12H2,(H,16,17). The van der Waals surface area contributed by atoms with E-state index in [9.17, 15) is 9.59 Å². The van der Waals surface area contributed by atoms with Crippen molar-refractivity contribution >= 4 is 23.8 Å². The Hall–Kier alpha value is -1.99. The summed E-state index contributed by atoms with van der Waals surface area (Å²) < 4.78 is 0. The van der Waals surface area contributed by atoms with Gasteiger partial charge in [0.25, 0.3) is 5.91 Å². The van der Waals surface area contributed by atoms with Gasteiger partial charge in [-0.25, -0.2) is 15.6 Å². The van der Waals surface area contributed by atoms with Gasteiger partial charge in [0.2, 0.25) is 0 Å². The van der Waals surface area contributed by atoms with Crippen LogP contribution in [0.5, 0.6) is 0 Å².